The van der Waals surface area contributed by atoms with Gasteiger partial charge in [-0.2, -0.15) is 0 Å². The maximum Gasteiger partial charge on any atom is 0.0603 e. The molecule has 0 amide bonds. The van der Waals surface area contributed by atoms with Crippen LogP contribution in [0.3, 0.4) is 0 Å². The maximum absolute atomic E-state index is 6.58. The Balaban J connectivity index is 1.60. The minimum Gasteiger partial charge on any atom is -0.375 e. The first-order valence-corrected chi connectivity index (χ1v) is 13.7. The Hall–Kier alpha value is -0.120. The summed E-state index contributed by atoms with van der Waals surface area (Å²) >= 11 is 0. The van der Waals surface area contributed by atoms with Crippen molar-refractivity contribution in [3.05, 3.63) is 0 Å². The van der Waals surface area contributed by atoms with Gasteiger partial charge in [0, 0.05) is 39.3 Å². The monoisotopic (exact) mass is 422 g/mol. The van der Waals surface area contributed by atoms with E-state index in [1.165, 1.54) is 123 Å². The molecule has 0 aromatic heterocycles. The average Bonchev–Trinajstić information content (AvgIpc) is 2.76. The summed E-state index contributed by atoms with van der Waals surface area (Å²) < 4.78 is 6.58. The number of ether oxygens (including phenoxy) is 1. The zero-order valence-electron chi connectivity index (χ0n) is 21.0. The van der Waals surface area contributed by atoms with Crippen LogP contribution in [-0.4, -0.2) is 61.3 Å². The van der Waals surface area contributed by atoms with Crippen molar-refractivity contribution in [1.29, 1.82) is 0 Å². The van der Waals surface area contributed by atoms with Gasteiger partial charge in [-0.15, -0.1) is 0 Å². The summed E-state index contributed by atoms with van der Waals surface area (Å²) in [5, 5.41) is 0. The van der Waals surface area contributed by atoms with Gasteiger partial charge < -0.3 is 14.5 Å². The van der Waals surface area contributed by atoms with E-state index in [1.807, 2.05) is 0 Å². The fraction of sp³-hybridized carbons (Fsp3) is 1.00. The number of likely N-dealkylation sites (tertiary alicyclic amines) is 2. The van der Waals surface area contributed by atoms with Gasteiger partial charge in [0.1, 0.15) is 0 Å². The molecule has 2 rings (SSSR count). The van der Waals surface area contributed by atoms with Crippen molar-refractivity contribution in [3.63, 3.8) is 0 Å². The van der Waals surface area contributed by atoms with E-state index >= 15 is 0 Å². The fourth-order valence-electron chi connectivity index (χ4n) is 5.49. The molecule has 30 heavy (non-hydrogen) atoms. The average molecular weight is 423 g/mol. The van der Waals surface area contributed by atoms with Crippen molar-refractivity contribution in [2.24, 2.45) is 11.8 Å². The van der Waals surface area contributed by atoms with Crippen LogP contribution in [0.2, 0.25) is 0 Å². The number of unbranched alkanes of at least 4 members (excludes halogenated alkanes) is 3. The number of hydrogen-bond donors (Lipinski definition) is 0. The molecule has 3 nitrogen and oxygen atoms in total. The van der Waals surface area contributed by atoms with Crippen LogP contribution in [0.1, 0.15) is 111 Å². The molecule has 2 saturated heterocycles. The molecule has 2 aliphatic rings. The molecule has 0 aliphatic carbocycles. The molecule has 2 aliphatic heterocycles. The second-order valence-electron chi connectivity index (χ2n) is 10.5. The zero-order chi connectivity index (χ0) is 21.6. The molecule has 0 saturated carbocycles. The van der Waals surface area contributed by atoms with Crippen LogP contribution in [0.25, 0.3) is 0 Å². The Bertz CT molecular complexity index is 392. The lowest BCUT2D eigenvalue weighted by atomic mass is 9.94. The largest absolute Gasteiger partial charge is 0.375 e. The van der Waals surface area contributed by atoms with Gasteiger partial charge in [-0.05, 0) is 56.8 Å². The molecule has 3 heteroatoms. The number of piperidine rings is 2. The molecule has 1 atom stereocenters. The van der Waals surface area contributed by atoms with Crippen molar-refractivity contribution < 1.29 is 4.74 Å². The molecule has 2 fully saturated rings. The van der Waals surface area contributed by atoms with E-state index in [0.29, 0.717) is 12.2 Å². The molecule has 0 aromatic carbocycles. The van der Waals surface area contributed by atoms with Crippen LogP contribution in [0.4, 0.5) is 0 Å². The lowest BCUT2D eigenvalue weighted by Crippen LogP contribution is -2.43. The van der Waals surface area contributed by atoms with Gasteiger partial charge in [-0.25, -0.2) is 0 Å². The van der Waals surface area contributed by atoms with Gasteiger partial charge in [0.25, 0.3) is 0 Å². The number of rotatable bonds is 15. The van der Waals surface area contributed by atoms with E-state index in [0.717, 1.165) is 11.8 Å². The summed E-state index contributed by atoms with van der Waals surface area (Å²) in [4.78, 5) is 5.44. The molecule has 0 N–H and O–H groups in total. The molecule has 2 heterocycles. The van der Waals surface area contributed by atoms with Crippen LogP contribution in [0.15, 0.2) is 0 Å². The first-order chi connectivity index (χ1) is 14.6. The maximum atomic E-state index is 6.58. The summed E-state index contributed by atoms with van der Waals surface area (Å²) in [5.74, 6) is 1.77. The molecule has 0 spiro atoms. The van der Waals surface area contributed by atoms with Gasteiger partial charge in [0.05, 0.1) is 12.2 Å². The van der Waals surface area contributed by atoms with Crippen LogP contribution in [-0.2, 0) is 4.74 Å². The number of hydrogen-bond acceptors (Lipinski definition) is 3. The Labute approximate surface area is 189 Å². The third-order valence-electron chi connectivity index (χ3n) is 7.52. The topological polar surface area (TPSA) is 15.7 Å². The standard InChI is InChI=1S/C27H54N2O/c1-5-8-11-24(4)22-28-18-14-26(15-19-28)30-27-16-20-29(21-17-27)23-25(12-9-6-2)13-10-7-3/h24-27H,5-23H2,1-4H3. The summed E-state index contributed by atoms with van der Waals surface area (Å²) in [6, 6.07) is 0. The van der Waals surface area contributed by atoms with Gasteiger partial charge in [0.15, 0.2) is 0 Å². The van der Waals surface area contributed by atoms with Crippen LogP contribution < -0.4 is 0 Å². The highest BCUT2D eigenvalue weighted by Crippen LogP contribution is 2.24. The molecule has 0 aromatic rings. The van der Waals surface area contributed by atoms with E-state index in [-0.39, 0.29) is 0 Å². The van der Waals surface area contributed by atoms with Gasteiger partial charge in [-0.3, -0.25) is 0 Å². The van der Waals surface area contributed by atoms with E-state index in [4.69, 9.17) is 4.74 Å². The Morgan fingerprint density at radius 3 is 1.57 bits per heavy atom. The van der Waals surface area contributed by atoms with Crippen molar-refractivity contribution in [2.75, 3.05) is 39.3 Å². The molecular weight excluding hydrogens is 368 g/mol. The molecule has 0 bridgehead atoms. The SMILES string of the molecule is CCCCC(C)CN1CCC(OC2CCN(CC(CCCC)CCCC)CC2)CC1. The highest BCUT2D eigenvalue weighted by atomic mass is 16.5. The third-order valence-corrected chi connectivity index (χ3v) is 7.52. The highest BCUT2D eigenvalue weighted by Gasteiger charge is 2.27. The fourth-order valence-corrected chi connectivity index (χ4v) is 5.49. The smallest absolute Gasteiger partial charge is 0.0603 e. The Kier molecular flexibility index (Phi) is 13.6. The van der Waals surface area contributed by atoms with Gasteiger partial charge >= 0.3 is 0 Å². The minimum absolute atomic E-state index is 0.519. The van der Waals surface area contributed by atoms with Crippen LogP contribution in [0, 0.1) is 11.8 Å². The van der Waals surface area contributed by atoms with E-state index in [2.05, 4.69) is 37.5 Å². The summed E-state index contributed by atoms with van der Waals surface area (Å²) in [6.45, 7) is 17.0. The second kappa shape index (κ2) is 15.6. The van der Waals surface area contributed by atoms with Gasteiger partial charge in [0.2, 0.25) is 0 Å². The first-order valence-electron chi connectivity index (χ1n) is 13.7. The normalized spacial score (nSPS) is 21.5. The third kappa shape index (κ3) is 10.5. The zero-order valence-corrected chi connectivity index (χ0v) is 21.0. The summed E-state index contributed by atoms with van der Waals surface area (Å²) in [7, 11) is 0. The van der Waals surface area contributed by atoms with Crippen molar-refractivity contribution >= 4 is 0 Å². The quantitative estimate of drug-likeness (QED) is 0.290. The second-order valence-corrected chi connectivity index (χ2v) is 10.5. The molecular formula is C27H54N2O. The minimum atomic E-state index is 0.519. The van der Waals surface area contributed by atoms with Gasteiger partial charge in [-0.1, -0.05) is 66.2 Å². The van der Waals surface area contributed by atoms with E-state index in [1.54, 1.807) is 0 Å². The highest BCUT2D eigenvalue weighted by molar-refractivity contribution is 4.79. The lowest BCUT2D eigenvalue weighted by molar-refractivity contribution is -0.0670. The summed E-state index contributed by atoms with van der Waals surface area (Å²) in [6.07, 6.45) is 18.5. The molecule has 0 radical (unpaired) electrons. The van der Waals surface area contributed by atoms with E-state index in [9.17, 15) is 0 Å². The van der Waals surface area contributed by atoms with Crippen molar-refractivity contribution in [3.8, 4) is 0 Å². The summed E-state index contributed by atoms with van der Waals surface area (Å²) in [5.41, 5.74) is 0. The number of nitrogens with zero attached hydrogens (tertiary/aromatic N) is 2. The van der Waals surface area contributed by atoms with Crippen LogP contribution in [0.5, 0.6) is 0 Å². The predicted molar refractivity (Wildman–Crippen MR) is 131 cm³/mol. The molecule has 178 valence electrons. The predicted octanol–water partition coefficient (Wildman–Crippen LogP) is 6.75. The Morgan fingerprint density at radius 1 is 0.667 bits per heavy atom. The first kappa shape index (κ1) is 26.1. The Morgan fingerprint density at radius 2 is 1.10 bits per heavy atom. The van der Waals surface area contributed by atoms with Crippen LogP contribution >= 0.6 is 0 Å². The lowest BCUT2D eigenvalue weighted by Gasteiger charge is -2.38. The van der Waals surface area contributed by atoms with Crippen molar-refractivity contribution in [2.45, 2.75) is 123 Å². The van der Waals surface area contributed by atoms with E-state index < -0.39 is 0 Å². The molecule has 1 unspecified atom stereocenters. The van der Waals surface area contributed by atoms with Crippen molar-refractivity contribution in [1.82, 2.24) is 9.80 Å².